The number of H-pyrrole nitrogens is 1. The summed E-state index contributed by atoms with van der Waals surface area (Å²) in [7, 11) is 2.01. The standard InChI is InChI=1S/C20H14ClN5S/c1-26-8-2-3-15-19(27-17-7-5-14(21)11-22-17)18(24-20(15)26)12-4-6-16-13(9-12)10-23-25-16/h2-11H,1H3,(H,23,25). The van der Waals surface area contributed by atoms with Crippen molar-refractivity contribution in [2.45, 2.75) is 9.92 Å². The zero-order valence-corrected chi connectivity index (χ0v) is 15.9. The van der Waals surface area contributed by atoms with Gasteiger partial charge in [0.15, 0.2) is 0 Å². The molecule has 0 fully saturated rings. The van der Waals surface area contributed by atoms with Crippen LogP contribution in [0, 0.1) is 0 Å². The Kier molecular flexibility index (Phi) is 3.88. The number of hydrogen-bond acceptors (Lipinski definition) is 4. The number of benzene rings is 1. The number of pyridine rings is 2. The summed E-state index contributed by atoms with van der Waals surface area (Å²) in [6, 6.07) is 14.1. The van der Waals surface area contributed by atoms with Gasteiger partial charge in [-0.2, -0.15) is 5.10 Å². The molecule has 0 amide bonds. The molecule has 0 radical (unpaired) electrons. The molecule has 4 heterocycles. The maximum absolute atomic E-state index is 5.98. The molecule has 0 saturated heterocycles. The van der Waals surface area contributed by atoms with Gasteiger partial charge in [0, 0.05) is 36.0 Å². The Morgan fingerprint density at radius 3 is 2.89 bits per heavy atom. The molecule has 5 rings (SSSR count). The van der Waals surface area contributed by atoms with Gasteiger partial charge in [-0.25, -0.2) is 9.97 Å². The minimum absolute atomic E-state index is 0.627. The molecule has 0 spiro atoms. The number of aromatic amines is 1. The minimum Gasteiger partial charge on any atom is -0.336 e. The maximum atomic E-state index is 5.98. The summed E-state index contributed by atoms with van der Waals surface area (Å²) in [5.74, 6) is 0.941. The quantitative estimate of drug-likeness (QED) is 0.455. The maximum Gasteiger partial charge on any atom is 0.141 e. The van der Waals surface area contributed by atoms with Crippen molar-refractivity contribution < 1.29 is 0 Å². The van der Waals surface area contributed by atoms with Gasteiger partial charge in [0.25, 0.3) is 0 Å². The lowest BCUT2D eigenvalue weighted by Gasteiger charge is -2.07. The third-order valence-corrected chi connectivity index (χ3v) is 5.74. The Hall–Kier alpha value is -2.83. The Balaban J connectivity index is 1.70. The predicted octanol–water partition coefficient (Wildman–Crippen LogP) is 5.27. The zero-order valence-electron chi connectivity index (χ0n) is 14.3. The van der Waals surface area contributed by atoms with Crippen molar-refractivity contribution in [1.82, 2.24) is 24.7 Å². The fourth-order valence-electron chi connectivity index (χ4n) is 3.12. The number of nitrogens with one attached hydrogen (secondary N) is 1. The van der Waals surface area contributed by atoms with E-state index >= 15 is 0 Å². The molecule has 132 valence electrons. The molecule has 5 nitrogen and oxygen atoms in total. The van der Waals surface area contributed by atoms with E-state index in [9.17, 15) is 0 Å². The van der Waals surface area contributed by atoms with Crippen LogP contribution in [0.15, 0.2) is 71.0 Å². The monoisotopic (exact) mass is 391 g/mol. The van der Waals surface area contributed by atoms with Gasteiger partial charge in [-0.1, -0.05) is 29.4 Å². The Labute approximate surface area is 164 Å². The lowest BCUT2D eigenvalue weighted by Crippen LogP contribution is -1.95. The summed E-state index contributed by atoms with van der Waals surface area (Å²) in [5, 5.41) is 9.67. The van der Waals surface area contributed by atoms with E-state index < -0.39 is 0 Å². The second-order valence-corrected chi connectivity index (χ2v) is 7.70. The van der Waals surface area contributed by atoms with Crippen molar-refractivity contribution in [2.75, 3.05) is 0 Å². The van der Waals surface area contributed by atoms with E-state index in [0.29, 0.717) is 5.02 Å². The number of rotatable bonds is 3. The van der Waals surface area contributed by atoms with Crippen LogP contribution in [0.1, 0.15) is 0 Å². The molecule has 7 heteroatoms. The lowest BCUT2D eigenvalue weighted by atomic mass is 10.1. The van der Waals surface area contributed by atoms with Gasteiger partial charge in [-0.15, -0.1) is 0 Å². The largest absolute Gasteiger partial charge is 0.336 e. The van der Waals surface area contributed by atoms with Crippen molar-refractivity contribution in [3.8, 4) is 22.6 Å². The molecular formula is C20H14ClN5S. The average Bonchev–Trinajstić information content (AvgIpc) is 3.29. The summed E-state index contributed by atoms with van der Waals surface area (Å²) in [4.78, 5) is 10.5. The van der Waals surface area contributed by atoms with E-state index in [0.717, 1.165) is 43.5 Å². The van der Waals surface area contributed by atoms with Crippen LogP contribution in [-0.2, 0) is 7.05 Å². The van der Waals surface area contributed by atoms with Crippen LogP contribution in [0.2, 0.25) is 5.02 Å². The van der Waals surface area contributed by atoms with E-state index in [4.69, 9.17) is 16.6 Å². The van der Waals surface area contributed by atoms with Gasteiger partial charge >= 0.3 is 0 Å². The van der Waals surface area contributed by atoms with Crippen LogP contribution >= 0.6 is 23.4 Å². The van der Waals surface area contributed by atoms with Crippen LogP contribution in [-0.4, -0.2) is 24.7 Å². The van der Waals surface area contributed by atoms with Crippen LogP contribution in [0.3, 0.4) is 0 Å². The first-order chi connectivity index (χ1) is 13.2. The Morgan fingerprint density at radius 1 is 1.11 bits per heavy atom. The molecule has 1 aromatic carbocycles. The summed E-state index contributed by atoms with van der Waals surface area (Å²) in [6.45, 7) is 0. The van der Waals surface area contributed by atoms with Crippen molar-refractivity contribution in [3.63, 3.8) is 0 Å². The molecule has 2 aliphatic rings. The highest BCUT2D eigenvalue weighted by Crippen LogP contribution is 2.43. The summed E-state index contributed by atoms with van der Waals surface area (Å²) in [5.41, 5.74) is 4.10. The summed E-state index contributed by atoms with van der Waals surface area (Å²) >= 11 is 7.59. The first-order valence-corrected chi connectivity index (χ1v) is 9.56. The number of aryl methyl sites for hydroxylation is 1. The third kappa shape index (κ3) is 2.87. The first-order valence-electron chi connectivity index (χ1n) is 8.37. The second kappa shape index (κ2) is 6.40. The molecule has 0 atom stereocenters. The van der Waals surface area contributed by atoms with E-state index in [1.807, 2.05) is 48.3 Å². The van der Waals surface area contributed by atoms with Gasteiger partial charge in [0.2, 0.25) is 0 Å². The number of nitrogens with zero attached hydrogens (tertiary/aromatic N) is 4. The fourth-order valence-corrected chi connectivity index (χ4v) is 4.21. The van der Waals surface area contributed by atoms with Crippen molar-refractivity contribution in [1.29, 1.82) is 0 Å². The fraction of sp³-hybridized carbons (Fsp3) is 0.0500. The molecule has 3 aromatic rings. The van der Waals surface area contributed by atoms with E-state index in [1.165, 1.54) is 0 Å². The highest BCUT2D eigenvalue weighted by molar-refractivity contribution is 7.99. The predicted molar refractivity (Wildman–Crippen MR) is 108 cm³/mol. The first kappa shape index (κ1) is 16.4. The van der Waals surface area contributed by atoms with Gasteiger partial charge in [0.1, 0.15) is 10.9 Å². The van der Waals surface area contributed by atoms with Crippen LogP contribution in [0.25, 0.3) is 33.5 Å². The number of fused-ring (bicyclic) bond motifs is 2. The second-order valence-electron chi connectivity index (χ2n) is 6.23. The number of halogens is 1. The number of hydrogen-bond donors (Lipinski definition) is 1. The molecule has 2 aliphatic heterocycles. The molecule has 2 aromatic heterocycles. The van der Waals surface area contributed by atoms with Crippen LogP contribution in [0.5, 0.6) is 0 Å². The SMILES string of the molecule is Cn1cccc2c(Sc3ccc(Cl)cn3)c(-c3ccc4[nH]ncc4c3)nc1-2. The van der Waals surface area contributed by atoms with Gasteiger partial charge in [-0.3, -0.25) is 5.10 Å². The highest BCUT2D eigenvalue weighted by atomic mass is 35.5. The number of aromatic nitrogens is 5. The Morgan fingerprint density at radius 2 is 2.04 bits per heavy atom. The normalized spacial score (nSPS) is 11.5. The smallest absolute Gasteiger partial charge is 0.141 e. The molecule has 0 saturated carbocycles. The topological polar surface area (TPSA) is 59.4 Å². The molecule has 27 heavy (non-hydrogen) atoms. The molecule has 1 N–H and O–H groups in total. The molecule has 0 aliphatic carbocycles. The van der Waals surface area contributed by atoms with E-state index in [-0.39, 0.29) is 0 Å². The summed E-state index contributed by atoms with van der Waals surface area (Å²) < 4.78 is 2.04. The van der Waals surface area contributed by atoms with Crippen molar-refractivity contribution in [3.05, 3.63) is 66.1 Å². The van der Waals surface area contributed by atoms with Crippen LogP contribution in [0.4, 0.5) is 0 Å². The van der Waals surface area contributed by atoms with Crippen molar-refractivity contribution in [2.24, 2.45) is 7.05 Å². The molecule has 0 bridgehead atoms. The van der Waals surface area contributed by atoms with Gasteiger partial charge in [0.05, 0.1) is 27.3 Å². The third-order valence-electron chi connectivity index (χ3n) is 4.45. The lowest BCUT2D eigenvalue weighted by molar-refractivity contribution is 0.891. The van der Waals surface area contributed by atoms with Crippen LogP contribution < -0.4 is 0 Å². The minimum atomic E-state index is 0.627. The van der Waals surface area contributed by atoms with E-state index in [1.54, 1.807) is 18.0 Å². The van der Waals surface area contributed by atoms with Crippen molar-refractivity contribution >= 4 is 34.3 Å². The molecular weight excluding hydrogens is 378 g/mol. The van der Waals surface area contributed by atoms with E-state index in [2.05, 4.69) is 33.4 Å². The van der Waals surface area contributed by atoms with Gasteiger partial charge < -0.3 is 4.57 Å². The average molecular weight is 392 g/mol. The van der Waals surface area contributed by atoms with Gasteiger partial charge in [-0.05, 0) is 36.4 Å². The highest BCUT2D eigenvalue weighted by Gasteiger charge is 2.22. The summed E-state index contributed by atoms with van der Waals surface area (Å²) in [6.07, 6.45) is 5.50. The molecule has 0 unspecified atom stereocenters. The zero-order chi connectivity index (χ0) is 18.4. The Bertz CT molecular complexity index is 1230.